The summed E-state index contributed by atoms with van der Waals surface area (Å²) in [6, 6.07) is 40.7. The zero-order valence-electron chi connectivity index (χ0n) is 37.4. The molecule has 0 bridgehead atoms. The van der Waals surface area contributed by atoms with Crippen molar-refractivity contribution in [1.82, 2.24) is 14.5 Å². The number of fused-ring (bicyclic) bond motifs is 2. The van der Waals surface area contributed by atoms with Crippen LogP contribution in [0.3, 0.4) is 0 Å². The average molecular weight is 882 g/mol. The SMILES string of the molecule is [2H]C([2H])([2H])c1c[c-]c(-c2ccc(C([2H])([2H])[2H])cn2)cc1.[2H]C([2H])(c1ccccc1)c1ccc2s[c-]c(-c3nc4ccccc4n3-c3c(C(C)C)cccc3C(C)C)c2c1.[Ir]. The molecule has 0 saturated carbocycles. The number of aryl methyl sites for hydroxylation is 2. The van der Waals surface area contributed by atoms with Crippen molar-refractivity contribution in [2.45, 2.75) is 59.6 Å². The van der Waals surface area contributed by atoms with Gasteiger partial charge in [-0.1, -0.05) is 141 Å². The maximum Gasteiger partial charge on any atom is 0.0774 e. The maximum absolute atomic E-state index is 8.97. The summed E-state index contributed by atoms with van der Waals surface area (Å²) in [5.74, 6) is 1.51. The molecule has 0 spiro atoms. The second-order valence-electron chi connectivity index (χ2n) is 13.1. The van der Waals surface area contributed by atoms with Crippen LogP contribution in [0.2, 0.25) is 0 Å². The Labute approximate surface area is 337 Å². The molecule has 5 heteroatoms. The molecule has 0 fully saturated rings. The van der Waals surface area contributed by atoms with Gasteiger partial charge in [0.25, 0.3) is 0 Å². The minimum atomic E-state index is -2.18. The first kappa shape index (κ1) is 27.9. The normalized spacial score (nSPS) is 14.2. The largest absolute Gasteiger partial charge is 0.333 e. The predicted octanol–water partition coefficient (Wildman–Crippen LogP) is 12.7. The average Bonchev–Trinajstić information content (AvgIpc) is 3.82. The van der Waals surface area contributed by atoms with E-state index in [2.05, 4.69) is 85.1 Å². The summed E-state index contributed by atoms with van der Waals surface area (Å²) >= 11 is 1.56. The van der Waals surface area contributed by atoms with Crippen LogP contribution >= 0.6 is 11.3 Å². The van der Waals surface area contributed by atoms with Gasteiger partial charge in [-0.05, 0) is 65.1 Å². The molecule has 0 saturated heterocycles. The molecule has 0 N–H and O–H groups in total. The second kappa shape index (κ2) is 16.3. The Morgan fingerprint density at radius 1 is 0.769 bits per heavy atom. The quantitative estimate of drug-likeness (QED) is 0.149. The third-order valence-electron chi connectivity index (χ3n) is 8.78. The van der Waals surface area contributed by atoms with Crippen LogP contribution in [-0.4, -0.2) is 14.5 Å². The van der Waals surface area contributed by atoms with Crippen molar-refractivity contribution in [2.75, 3.05) is 0 Å². The Balaban J connectivity index is 0.000000243. The summed E-state index contributed by atoms with van der Waals surface area (Å²) in [5.41, 5.74) is 9.48. The minimum Gasteiger partial charge on any atom is -0.333 e. The van der Waals surface area contributed by atoms with Gasteiger partial charge in [0, 0.05) is 43.0 Å². The van der Waals surface area contributed by atoms with Crippen LogP contribution in [0.1, 0.15) is 83.9 Å². The van der Waals surface area contributed by atoms with Crippen LogP contribution in [-0.2, 0) is 26.5 Å². The topological polar surface area (TPSA) is 30.7 Å². The first-order valence-corrected chi connectivity index (χ1v) is 17.9. The molecule has 0 aliphatic heterocycles. The summed E-state index contributed by atoms with van der Waals surface area (Å²) in [7, 11) is 0. The molecule has 3 heterocycles. The van der Waals surface area contributed by atoms with Crippen LogP contribution in [0.15, 0.2) is 128 Å². The molecule has 0 atom stereocenters. The fourth-order valence-corrected chi connectivity index (χ4v) is 7.05. The van der Waals surface area contributed by atoms with Crippen LogP contribution < -0.4 is 0 Å². The van der Waals surface area contributed by atoms with Crippen LogP contribution in [0.5, 0.6) is 0 Å². The van der Waals surface area contributed by atoms with Gasteiger partial charge in [0.1, 0.15) is 0 Å². The Bertz CT molecular complexity index is 2640. The van der Waals surface area contributed by atoms with E-state index < -0.39 is 20.1 Å². The first-order chi connectivity index (χ1) is 27.9. The van der Waals surface area contributed by atoms with Crippen LogP contribution in [0.4, 0.5) is 0 Å². The van der Waals surface area contributed by atoms with Crippen molar-refractivity contribution >= 4 is 32.5 Å². The number of pyridine rings is 1. The van der Waals surface area contributed by atoms with E-state index in [1.165, 1.54) is 41.2 Å². The van der Waals surface area contributed by atoms with Gasteiger partial charge in [-0.3, -0.25) is 16.3 Å². The monoisotopic (exact) mass is 882 g/mol. The van der Waals surface area contributed by atoms with Gasteiger partial charge in [-0.15, -0.1) is 46.8 Å². The zero-order chi connectivity index (χ0) is 42.3. The summed E-state index contributed by atoms with van der Waals surface area (Å²) in [6.45, 7) is 4.63. The Morgan fingerprint density at radius 2 is 1.50 bits per heavy atom. The van der Waals surface area contributed by atoms with E-state index in [1.807, 2.05) is 54.6 Å². The number of nitrogens with zero attached hydrogens (tertiary/aromatic N) is 3. The Hall–Kier alpha value is -4.67. The molecule has 52 heavy (non-hydrogen) atoms. The summed E-state index contributed by atoms with van der Waals surface area (Å²) in [6.07, 6.45) is -0.322. The summed E-state index contributed by atoms with van der Waals surface area (Å²) < 4.78 is 65.0. The molecule has 8 aromatic rings. The van der Waals surface area contributed by atoms with Crippen LogP contribution in [0, 0.1) is 25.2 Å². The van der Waals surface area contributed by atoms with E-state index >= 15 is 0 Å². The molecule has 0 aliphatic rings. The smallest absolute Gasteiger partial charge is 0.0774 e. The van der Waals surface area contributed by atoms with Gasteiger partial charge in [0.15, 0.2) is 0 Å². The van der Waals surface area contributed by atoms with Crippen molar-refractivity contribution in [3.05, 3.63) is 172 Å². The van der Waals surface area contributed by atoms with Crippen molar-refractivity contribution < 1.29 is 31.1 Å². The van der Waals surface area contributed by atoms with Crippen LogP contribution in [0.25, 0.3) is 49.5 Å². The number of imidazole rings is 1. The molecule has 0 amide bonds. The molecular formula is C47H43IrN3S-2. The van der Waals surface area contributed by atoms with Crippen molar-refractivity contribution in [3.63, 3.8) is 0 Å². The van der Waals surface area contributed by atoms with Gasteiger partial charge < -0.3 is 9.55 Å². The van der Waals surface area contributed by atoms with E-state index in [9.17, 15) is 0 Å². The number of benzene rings is 5. The zero-order valence-corrected chi connectivity index (χ0v) is 32.6. The molecule has 5 aromatic carbocycles. The number of hydrogen-bond acceptors (Lipinski definition) is 3. The predicted molar refractivity (Wildman–Crippen MR) is 216 cm³/mol. The Kier molecular flexibility index (Phi) is 8.77. The Morgan fingerprint density at radius 3 is 2.17 bits per heavy atom. The molecule has 0 aliphatic carbocycles. The standard InChI is InChI=1S/C34H31N2S.C13H12N.Ir/c1-22(2)26-13-10-14-27(23(3)4)33(26)36-31-16-9-8-15-30(31)35-34(36)29-21-37-32-18-17-25(20-28(29)32)19-24-11-6-5-7-12-24;1-10-3-6-12(7-4-10)13-8-5-11(2)9-14-13;/h5-18,20,22-23H,19H2,1-4H3;3-6,8-9H,1-2H3;/q2*-1;/i19D2;1D3,2D3;. The second-order valence-corrected chi connectivity index (χ2v) is 13.9. The fraction of sp³-hybridized carbons (Fsp3) is 0.191. The van der Waals surface area contributed by atoms with E-state index in [4.69, 9.17) is 16.0 Å². The molecule has 3 aromatic heterocycles. The van der Waals surface area contributed by atoms with Crippen molar-refractivity contribution in [2.24, 2.45) is 0 Å². The number of rotatable bonds is 7. The molecular weight excluding hydrogens is 831 g/mol. The number of hydrogen-bond donors (Lipinski definition) is 0. The number of aromatic nitrogens is 3. The van der Waals surface area contributed by atoms with Crippen molar-refractivity contribution in [1.29, 1.82) is 0 Å². The van der Waals surface area contributed by atoms with Gasteiger partial charge in [0.05, 0.1) is 16.9 Å². The summed E-state index contributed by atoms with van der Waals surface area (Å²) in [4.78, 5) is 9.25. The molecule has 3 nitrogen and oxygen atoms in total. The number of para-hydroxylation sites is 3. The maximum atomic E-state index is 8.97. The van der Waals surface area contributed by atoms with Crippen molar-refractivity contribution in [3.8, 4) is 28.3 Å². The summed E-state index contributed by atoms with van der Waals surface area (Å²) in [5, 5.41) is 4.53. The first-order valence-electron chi connectivity index (χ1n) is 21.1. The van der Waals surface area contributed by atoms with E-state index in [0.717, 1.165) is 32.5 Å². The van der Waals surface area contributed by atoms with Gasteiger partial charge in [0.2, 0.25) is 0 Å². The minimum absolute atomic E-state index is 0. The number of thiophene rings is 1. The van der Waals surface area contributed by atoms with Gasteiger partial charge in [-0.2, -0.15) is 0 Å². The fourth-order valence-electron chi connectivity index (χ4n) is 6.23. The van der Waals surface area contributed by atoms with E-state index in [1.54, 1.807) is 23.5 Å². The molecule has 1 radical (unpaired) electrons. The molecule has 263 valence electrons. The van der Waals surface area contributed by atoms with Gasteiger partial charge >= 0.3 is 0 Å². The van der Waals surface area contributed by atoms with Gasteiger partial charge in [-0.25, -0.2) is 0 Å². The molecule has 0 unspecified atom stereocenters. The van der Waals surface area contributed by atoms with E-state index in [-0.39, 0.29) is 31.2 Å². The molecule has 8 rings (SSSR count). The third kappa shape index (κ3) is 7.88. The van der Waals surface area contributed by atoms with E-state index in [0.29, 0.717) is 34.2 Å². The third-order valence-corrected chi connectivity index (χ3v) is 9.66.